The van der Waals surface area contributed by atoms with E-state index in [9.17, 15) is 9.59 Å². The van der Waals surface area contributed by atoms with E-state index in [1.54, 1.807) is 12.1 Å². The summed E-state index contributed by atoms with van der Waals surface area (Å²) >= 11 is 0. The number of carbonyl (C=O) groups is 2. The van der Waals surface area contributed by atoms with E-state index in [2.05, 4.69) is 10.2 Å². The van der Waals surface area contributed by atoms with Gasteiger partial charge in [0.25, 0.3) is 0 Å². The van der Waals surface area contributed by atoms with Gasteiger partial charge in [-0.05, 0) is 25.1 Å². The zero-order chi connectivity index (χ0) is 13.1. The molecule has 0 aromatic carbocycles. The van der Waals surface area contributed by atoms with Crippen molar-refractivity contribution in [2.75, 3.05) is 0 Å². The number of carbonyl (C=O) groups excluding carboxylic acids is 1. The Bertz CT molecular complexity index is 590. The van der Waals surface area contributed by atoms with E-state index < -0.39 is 5.97 Å². The Balaban J connectivity index is 2.37. The van der Waals surface area contributed by atoms with Crippen LogP contribution in [0.3, 0.4) is 0 Å². The third-order valence-corrected chi connectivity index (χ3v) is 2.48. The molecule has 6 heteroatoms. The molecule has 0 atom stereocenters. The SMILES string of the molecule is CC(=O)c1cc(C(=O)O)n(Cc2cccnn2)c1. The van der Waals surface area contributed by atoms with Crippen LogP contribution in [0.2, 0.25) is 0 Å². The molecule has 92 valence electrons. The Labute approximate surface area is 103 Å². The summed E-state index contributed by atoms with van der Waals surface area (Å²) in [7, 11) is 0. The summed E-state index contributed by atoms with van der Waals surface area (Å²) < 4.78 is 1.48. The number of rotatable bonds is 4. The topological polar surface area (TPSA) is 85.1 Å². The van der Waals surface area contributed by atoms with E-state index >= 15 is 0 Å². The molecule has 0 aliphatic heterocycles. The van der Waals surface area contributed by atoms with Crippen LogP contribution < -0.4 is 0 Å². The first-order chi connectivity index (χ1) is 8.58. The minimum absolute atomic E-state index is 0.0610. The van der Waals surface area contributed by atoms with Crippen LogP contribution in [0.1, 0.15) is 33.5 Å². The van der Waals surface area contributed by atoms with Crippen LogP contribution in [0.5, 0.6) is 0 Å². The van der Waals surface area contributed by atoms with E-state index in [0.717, 1.165) is 0 Å². The largest absolute Gasteiger partial charge is 0.477 e. The summed E-state index contributed by atoms with van der Waals surface area (Å²) in [6, 6.07) is 4.82. The number of hydrogen-bond acceptors (Lipinski definition) is 4. The molecular weight excluding hydrogens is 234 g/mol. The van der Waals surface area contributed by atoms with Crippen LogP contribution in [0, 0.1) is 0 Å². The lowest BCUT2D eigenvalue weighted by Crippen LogP contribution is -2.09. The van der Waals surface area contributed by atoms with Gasteiger partial charge in [0.1, 0.15) is 5.69 Å². The number of ketones is 1. The summed E-state index contributed by atoms with van der Waals surface area (Å²) in [6.45, 7) is 1.66. The fraction of sp³-hybridized carbons (Fsp3) is 0.167. The number of aromatic nitrogens is 3. The Hall–Kier alpha value is -2.50. The summed E-state index contributed by atoms with van der Waals surface area (Å²) in [5, 5.41) is 16.7. The predicted octanol–water partition coefficient (Wildman–Crippen LogP) is 1.23. The highest BCUT2D eigenvalue weighted by Gasteiger charge is 2.15. The lowest BCUT2D eigenvalue weighted by molar-refractivity contribution is 0.0685. The summed E-state index contributed by atoms with van der Waals surface area (Å²) in [4.78, 5) is 22.3. The van der Waals surface area contributed by atoms with E-state index in [-0.39, 0.29) is 18.0 Å². The van der Waals surface area contributed by atoms with Gasteiger partial charge in [-0.1, -0.05) is 0 Å². The summed E-state index contributed by atoms with van der Waals surface area (Å²) in [6.07, 6.45) is 3.05. The Morgan fingerprint density at radius 3 is 2.78 bits per heavy atom. The normalized spacial score (nSPS) is 10.3. The molecule has 6 nitrogen and oxygen atoms in total. The van der Waals surface area contributed by atoms with Crippen LogP contribution in [0.4, 0.5) is 0 Å². The first-order valence-corrected chi connectivity index (χ1v) is 5.29. The number of nitrogens with zero attached hydrogens (tertiary/aromatic N) is 3. The van der Waals surface area contributed by atoms with Gasteiger partial charge >= 0.3 is 5.97 Å². The second-order valence-corrected chi connectivity index (χ2v) is 3.82. The molecule has 2 rings (SSSR count). The maximum absolute atomic E-state index is 11.3. The first-order valence-electron chi connectivity index (χ1n) is 5.29. The molecule has 2 heterocycles. The summed E-state index contributed by atoms with van der Waals surface area (Å²) in [5.41, 5.74) is 1.06. The van der Waals surface area contributed by atoms with Gasteiger partial charge in [-0.3, -0.25) is 4.79 Å². The Kier molecular flexibility index (Phi) is 3.18. The molecule has 0 radical (unpaired) electrons. The van der Waals surface area contributed by atoms with Gasteiger partial charge in [0.05, 0.1) is 12.2 Å². The van der Waals surface area contributed by atoms with Crippen molar-refractivity contribution in [2.24, 2.45) is 0 Å². The van der Waals surface area contributed by atoms with Crippen LogP contribution in [-0.4, -0.2) is 31.6 Å². The monoisotopic (exact) mass is 245 g/mol. The molecule has 1 N–H and O–H groups in total. The lowest BCUT2D eigenvalue weighted by atomic mass is 10.2. The van der Waals surface area contributed by atoms with E-state index in [1.807, 2.05) is 0 Å². The molecule has 18 heavy (non-hydrogen) atoms. The molecule has 0 saturated carbocycles. The average Bonchev–Trinajstić information content (AvgIpc) is 2.74. The minimum Gasteiger partial charge on any atom is -0.477 e. The molecule has 2 aromatic rings. The van der Waals surface area contributed by atoms with Crippen molar-refractivity contribution in [1.82, 2.24) is 14.8 Å². The van der Waals surface area contributed by atoms with E-state index in [1.165, 1.54) is 30.0 Å². The quantitative estimate of drug-likeness (QED) is 0.819. The number of Topliss-reactive ketones (excluding diaryl/α,β-unsaturated/α-hetero) is 1. The number of aromatic carboxylic acids is 1. The molecule has 0 amide bonds. The second kappa shape index (κ2) is 4.79. The highest BCUT2D eigenvalue weighted by atomic mass is 16.4. The second-order valence-electron chi connectivity index (χ2n) is 3.82. The van der Waals surface area contributed by atoms with Crippen molar-refractivity contribution >= 4 is 11.8 Å². The first kappa shape index (κ1) is 12.0. The average molecular weight is 245 g/mol. The molecule has 0 spiro atoms. The smallest absolute Gasteiger partial charge is 0.352 e. The lowest BCUT2D eigenvalue weighted by Gasteiger charge is -2.04. The van der Waals surface area contributed by atoms with Gasteiger partial charge in [0.15, 0.2) is 5.78 Å². The highest BCUT2D eigenvalue weighted by molar-refractivity contribution is 5.97. The van der Waals surface area contributed by atoms with Crippen molar-refractivity contribution in [3.63, 3.8) is 0 Å². The highest BCUT2D eigenvalue weighted by Crippen LogP contribution is 2.11. The van der Waals surface area contributed by atoms with Gasteiger partial charge in [-0.25, -0.2) is 4.79 Å². The predicted molar refractivity (Wildman–Crippen MR) is 62.5 cm³/mol. The van der Waals surface area contributed by atoms with Crippen molar-refractivity contribution in [3.8, 4) is 0 Å². The zero-order valence-corrected chi connectivity index (χ0v) is 9.70. The third kappa shape index (κ3) is 2.42. The van der Waals surface area contributed by atoms with Crippen molar-refractivity contribution in [3.05, 3.63) is 47.5 Å². The third-order valence-electron chi connectivity index (χ3n) is 2.48. The standard InChI is InChI=1S/C12H11N3O3/c1-8(16)9-5-11(12(17)18)15(6-9)7-10-3-2-4-13-14-10/h2-6H,7H2,1H3,(H,17,18). The van der Waals surface area contributed by atoms with Gasteiger partial charge in [-0.15, -0.1) is 0 Å². The Morgan fingerprint density at radius 1 is 1.44 bits per heavy atom. The van der Waals surface area contributed by atoms with Crippen LogP contribution in [-0.2, 0) is 6.54 Å². The van der Waals surface area contributed by atoms with Gasteiger partial charge in [-0.2, -0.15) is 10.2 Å². The number of hydrogen-bond donors (Lipinski definition) is 1. The summed E-state index contributed by atoms with van der Waals surface area (Å²) in [5.74, 6) is -1.25. The fourth-order valence-electron chi connectivity index (χ4n) is 1.61. The van der Waals surface area contributed by atoms with E-state index in [0.29, 0.717) is 11.3 Å². The fourth-order valence-corrected chi connectivity index (χ4v) is 1.61. The van der Waals surface area contributed by atoms with Crippen molar-refractivity contribution < 1.29 is 14.7 Å². The number of carboxylic acids is 1. The van der Waals surface area contributed by atoms with Gasteiger partial charge in [0, 0.05) is 18.0 Å². The van der Waals surface area contributed by atoms with Gasteiger partial charge in [0.2, 0.25) is 0 Å². The molecule has 0 saturated heterocycles. The van der Waals surface area contributed by atoms with E-state index in [4.69, 9.17) is 5.11 Å². The van der Waals surface area contributed by atoms with Crippen LogP contribution in [0.15, 0.2) is 30.6 Å². The molecule has 0 aliphatic carbocycles. The van der Waals surface area contributed by atoms with Crippen molar-refractivity contribution in [1.29, 1.82) is 0 Å². The Morgan fingerprint density at radius 2 is 2.22 bits per heavy atom. The minimum atomic E-state index is -1.08. The van der Waals surface area contributed by atoms with Crippen molar-refractivity contribution in [2.45, 2.75) is 13.5 Å². The molecule has 0 aliphatic rings. The van der Waals surface area contributed by atoms with Crippen LogP contribution >= 0.6 is 0 Å². The molecular formula is C12H11N3O3. The number of carboxylic acid groups (broad SMARTS) is 1. The maximum atomic E-state index is 11.3. The zero-order valence-electron chi connectivity index (χ0n) is 9.70. The molecule has 0 unspecified atom stereocenters. The molecule has 0 bridgehead atoms. The molecule has 2 aromatic heterocycles. The van der Waals surface area contributed by atoms with Crippen LogP contribution in [0.25, 0.3) is 0 Å². The molecule has 0 fully saturated rings. The van der Waals surface area contributed by atoms with Gasteiger partial charge < -0.3 is 9.67 Å². The maximum Gasteiger partial charge on any atom is 0.352 e.